The summed E-state index contributed by atoms with van der Waals surface area (Å²) >= 11 is 0. The van der Waals surface area contributed by atoms with E-state index in [9.17, 15) is 20.0 Å². The predicted molar refractivity (Wildman–Crippen MR) is 114 cm³/mol. The number of phenols is 1. The largest absolute Gasteiger partial charge is 0.504 e. The minimum Gasteiger partial charge on any atom is -0.504 e. The van der Waals surface area contributed by atoms with Crippen molar-refractivity contribution in [3.05, 3.63) is 35.4 Å². The molecule has 33 heavy (non-hydrogen) atoms. The van der Waals surface area contributed by atoms with Crippen molar-refractivity contribution in [3.63, 3.8) is 0 Å². The number of rotatable bonds is 3. The Labute approximate surface area is 190 Å². The Kier molecular flexibility index (Phi) is 4.58. The molecule has 1 aromatic carbocycles. The highest BCUT2D eigenvalue weighted by atomic mass is 16.6. The van der Waals surface area contributed by atoms with Crippen LogP contribution in [0.5, 0.6) is 11.5 Å². The van der Waals surface area contributed by atoms with E-state index in [2.05, 4.69) is 36.2 Å². The molecule has 0 radical (unpaired) electrons. The van der Waals surface area contributed by atoms with E-state index in [1.54, 1.807) is 13.2 Å². The highest BCUT2D eigenvalue weighted by molar-refractivity contribution is 5.88. The highest BCUT2D eigenvalue weighted by Crippen LogP contribution is 2.74. The number of carboxylic acids is 2. The lowest BCUT2D eigenvalue weighted by atomic mass is 9.37. The number of aliphatic carboxylic acids is 2. The van der Waals surface area contributed by atoms with Crippen LogP contribution in [0.4, 0.5) is 0 Å². The molecule has 0 aromatic heterocycles. The lowest BCUT2D eigenvalue weighted by molar-refractivity contribution is -0.203. The van der Waals surface area contributed by atoms with Gasteiger partial charge in [-0.2, -0.15) is 5.26 Å². The van der Waals surface area contributed by atoms with Crippen LogP contribution in [0.1, 0.15) is 30.4 Å². The summed E-state index contributed by atoms with van der Waals surface area (Å²) in [6, 6.07) is 6.68. The number of hydrogen-bond donors (Lipinski definition) is 3. The third kappa shape index (κ3) is 2.48. The van der Waals surface area contributed by atoms with Gasteiger partial charge in [0.1, 0.15) is 18.1 Å². The first kappa shape index (κ1) is 21.7. The molecule has 4 aliphatic carbocycles. The standard InChI is InChI=1S/C21H22N2O3.C3H4O4/c1-23-8-7-20-16-12-3-4-14(24)17(16)26-18(20)21(25-2)6-5-19(20,15(23)9-12)10-13(21)11-22;4-2(5)1-3(6)7/h3-6,13,15,18,24H,7-10H2,1-2H3;1H2,(H,4,5)(H,6,7)/t13-,15+,18+,19+,20-,21-;/m0./s1. The molecule has 9 heteroatoms. The van der Waals surface area contributed by atoms with E-state index < -0.39 is 24.0 Å². The summed E-state index contributed by atoms with van der Waals surface area (Å²) < 4.78 is 12.6. The number of nitrogens with zero attached hydrogens (tertiary/aromatic N) is 2. The Morgan fingerprint density at radius 3 is 2.64 bits per heavy atom. The van der Waals surface area contributed by atoms with Crippen LogP contribution in [-0.4, -0.2) is 70.6 Å². The van der Waals surface area contributed by atoms with Gasteiger partial charge in [0.15, 0.2) is 11.5 Å². The molecule has 6 aliphatic rings. The molecule has 7 rings (SSSR count). The van der Waals surface area contributed by atoms with E-state index in [1.165, 1.54) is 11.1 Å². The Hall–Kier alpha value is -3.09. The van der Waals surface area contributed by atoms with Crippen LogP contribution in [-0.2, 0) is 26.2 Å². The van der Waals surface area contributed by atoms with Crippen LogP contribution in [0.15, 0.2) is 24.3 Å². The summed E-state index contributed by atoms with van der Waals surface area (Å²) in [6.45, 7) is 0.992. The zero-order chi connectivity index (χ0) is 23.8. The fraction of sp³-hybridized carbons (Fsp3) is 0.542. The van der Waals surface area contributed by atoms with Crippen molar-refractivity contribution >= 4 is 11.9 Å². The van der Waals surface area contributed by atoms with Gasteiger partial charge in [0.25, 0.3) is 0 Å². The molecule has 1 saturated carbocycles. The number of methoxy groups -OCH3 is 1. The number of ether oxygens (including phenoxy) is 2. The number of carbonyl (C=O) groups is 2. The second-order valence-corrected chi connectivity index (χ2v) is 9.65. The molecular formula is C24H26N2O7. The molecule has 2 spiro atoms. The monoisotopic (exact) mass is 454 g/mol. The molecule has 2 aliphatic heterocycles. The second kappa shape index (κ2) is 6.95. The van der Waals surface area contributed by atoms with Crippen molar-refractivity contribution < 1.29 is 34.4 Å². The highest BCUT2D eigenvalue weighted by Gasteiger charge is 2.79. The second-order valence-electron chi connectivity index (χ2n) is 9.65. The maximum absolute atomic E-state index is 10.6. The molecule has 3 N–H and O–H groups in total. The van der Waals surface area contributed by atoms with E-state index in [-0.39, 0.29) is 28.6 Å². The SMILES string of the molecule is CO[C@@]12C=C[C@@]3(C[C@H]1C#N)[C@H]1Cc4ccc(O)c5c4[C@@]3(CCN1C)[C@H]2O5.O=C(O)CC(=O)O. The van der Waals surface area contributed by atoms with Crippen LogP contribution in [0.3, 0.4) is 0 Å². The van der Waals surface area contributed by atoms with Crippen molar-refractivity contribution in [2.75, 3.05) is 20.7 Å². The van der Waals surface area contributed by atoms with E-state index in [4.69, 9.17) is 19.7 Å². The van der Waals surface area contributed by atoms with Crippen molar-refractivity contribution in [1.82, 2.24) is 4.90 Å². The fourth-order valence-corrected chi connectivity index (χ4v) is 7.33. The minimum absolute atomic E-state index is 0.141. The first-order chi connectivity index (χ1) is 15.7. The van der Waals surface area contributed by atoms with E-state index >= 15 is 0 Å². The summed E-state index contributed by atoms with van der Waals surface area (Å²) in [5.74, 6) is -2.04. The van der Waals surface area contributed by atoms with Gasteiger partial charge in [0.05, 0.1) is 17.4 Å². The number of likely N-dealkylation sites (tertiary alicyclic amines) is 1. The molecule has 6 atom stereocenters. The van der Waals surface area contributed by atoms with Gasteiger partial charge in [-0.3, -0.25) is 9.59 Å². The number of phenolic OH excluding ortho intramolecular Hbond substituents is 1. The number of aromatic hydroxyl groups is 1. The summed E-state index contributed by atoms with van der Waals surface area (Å²) in [5.41, 5.74) is 1.36. The van der Waals surface area contributed by atoms with Crippen molar-refractivity contribution in [1.29, 1.82) is 5.26 Å². The van der Waals surface area contributed by atoms with Gasteiger partial charge in [0.2, 0.25) is 0 Å². The lowest BCUT2D eigenvalue weighted by Crippen LogP contribution is -2.78. The average molecular weight is 454 g/mol. The number of benzene rings is 1. The molecular weight excluding hydrogens is 428 g/mol. The Morgan fingerprint density at radius 2 is 2.03 bits per heavy atom. The average Bonchev–Trinajstić information content (AvgIpc) is 3.14. The maximum Gasteiger partial charge on any atom is 0.314 e. The van der Waals surface area contributed by atoms with Crippen molar-refractivity contribution in [3.8, 4) is 17.6 Å². The van der Waals surface area contributed by atoms with E-state index in [0.29, 0.717) is 11.8 Å². The third-order valence-corrected chi connectivity index (χ3v) is 8.53. The zero-order valence-electron chi connectivity index (χ0n) is 18.4. The van der Waals surface area contributed by atoms with Crippen molar-refractivity contribution in [2.24, 2.45) is 11.3 Å². The van der Waals surface area contributed by atoms with Gasteiger partial charge in [-0.05, 0) is 44.5 Å². The lowest BCUT2D eigenvalue weighted by Gasteiger charge is -2.70. The van der Waals surface area contributed by atoms with Crippen molar-refractivity contribution in [2.45, 2.75) is 48.8 Å². The molecule has 174 valence electrons. The molecule has 2 fully saturated rings. The maximum atomic E-state index is 10.6. The topological polar surface area (TPSA) is 140 Å². The number of hydrogen-bond acceptors (Lipinski definition) is 7. The van der Waals surface area contributed by atoms with Crippen LogP contribution in [0, 0.1) is 22.7 Å². The van der Waals surface area contributed by atoms with Crippen LogP contribution >= 0.6 is 0 Å². The van der Waals surface area contributed by atoms with Gasteiger partial charge >= 0.3 is 11.9 Å². The number of carboxylic acid groups (broad SMARTS) is 2. The smallest absolute Gasteiger partial charge is 0.314 e. The van der Waals surface area contributed by atoms with Gasteiger partial charge in [0, 0.05) is 24.1 Å². The third-order valence-electron chi connectivity index (χ3n) is 8.53. The molecule has 2 heterocycles. The van der Waals surface area contributed by atoms with E-state index in [0.717, 1.165) is 25.8 Å². The van der Waals surface area contributed by atoms with Gasteiger partial charge < -0.3 is 29.7 Å². The number of piperidine rings is 1. The molecule has 1 aromatic rings. The molecule has 9 nitrogen and oxygen atoms in total. The Balaban J connectivity index is 0.000000287. The first-order valence-electron chi connectivity index (χ1n) is 11.0. The van der Waals surface area contributed by atoms with Gasteiger partial charge in [-0.15, -0.1) is 0 Å². The minimum atomic E-state index is -1.31. The molecule has 0 unspecified atom stereocenters. The normalized spacial score (nSPS) is 38.4. The van der Waals surface area contributed by atoms with Crippen LogP contribution in [0.2, 0.25) is 0 Å². The number of likely N-dealkylation sites (N-methyl/N-ethyl adjacent to an activating group) is 1. The zero-order valence-corrected chi connectivity index (χ0v) is 18.4. The predicted octanol–water partition coefficient (Wildman–Crippen LogP) is 1.68. The summed E-state index contributed by atoms with van der Waals surface area (Å²) in [7, 11) is 3.89. The Morgan fingerprint density at radius 1 is 1.30 bits per heavy atom. The fourth-order valence-electron chi connectivity index (χ4n) is 7.33. The molecule has 1 saturated heterocycles. The Bertz CT molecular complexity index is 1110. The summed E-state index contributed by atoms with van der Waals surface area (Å²) in [4.78, 5) is 21.3. The van der Waals surface area contributed by atoms with Gasteiger partial charge in [-0.25, -0.2) is 0 Å². The quantitative estimate of drug-likeness (QED) is 0.459. The first-order valence-corrected chi connectivity index (χ1v) is 11.0. The van der Waals surface area contributed by atoms with E-state index in [1.807, 2.05) is 0 Å². The molecule has 4 bridgehead atoms. The number of fused-ring (bicyclic) bond motifs is 1. The summed E-state index contributed by atoms with van der Waals surface area (Å²) in [5, 5.41) is 35.9. The molecule has 0 amide bonds. The van der Waals surface area contributed by atoms with Crippen LogP contribution in [0.25, 0.3) is 0 Å². The summed E-state index contributed by atoms with van der Waals surface area (Å²) in [6.07, 6.45) is 6.06. The van der Waals surface area contributed by atoms with Gasteiger partial charge in [-0.1, -0.05) is 18.2 Å². The van der Waals surface area contributed by atoms with Crippen LogP contribution < -0.4 is 4.74 Å². The number of nitriles is 1.